The third-order valence-corrected chi connectivity index (χ3v) is 6.37. The molecular weight excluding hydrogens is 472 g/mol. The van der Waals surface area contributed by atoms with Crippen molar-refractivity contribution in [3.05, 3.63) is 145 Å². The van der Waals surface area contributed by atoms with Gasteiger partial charge in [0.05, 0.1) is 11.1 Å². The first-order valence-corrected chi connectivity index (χ1v) is 12.4. The Morgan fingerprint density at radius 2 is 1.03 bits per heavy atom. The summed E-state index contributed by atoms with van der Waals surface area (Å²) in [6, 6.07) is 29.7. The fourth-order valence-corrected chi connectivity index (χ4v) is 4.53. The van der Waals surface area contributed by atoms with Crippen molar-refractivity contribution >= 4 is 33.5 Å². The maximum absolute atomic E-state index is 13.3. The molecule has 0 aromatic heterocycles. The first-order chi connectivity index (χ1) is 18.6. The molecule has 0 heterocycles. The third kappa shape index (κ3) is 4.97. The van der Waals surface area contributed by atoms with Crippen molar-refractivity contribution in [2.75, 3.05) is 0 Å². The minimum atomic E-state index is -0.557. The maximum atomic E-state index is 13.3. The van der Waals surface area contributed by atoms with Crippen LogP contribution < -0.4 is 9.47 Å². The molecule has 5 aromatic rings. The third-order valence-electron chi connectivity index (χ3n) is 6.37. The highest BCUT2D eigenvalue weighted by Crippen LogP contribution is 2.33. The molecule has 186 valence electrons. The molecule has 0 fully saturated rings. The lowest BCUT2D eigenvalue weighted by molar-refractivity contribution is 0.0735. The fourth-order valence-electron chi connectivity index (χ4n) is 4.53. The van der Waals surface area contributed by atoms with Crippen LogP contribution in [-0.4, -0.2) is 11.9 Å². The van der Waals surface area contributed by atoms with Gasteiger partial charge in [0, 0.05) is 10.8 Å². The van der Waals surface area contributed by atoms with Crippen LogP contribution in [0.1, 0.15) is 31.8 Å². The van der Waals surface area contributed by atoms with E-state index in [0.717, 1.165) is 32.7 Å². The van der Waals surface area contributed by atoms with Gasteiger partial charge in [0.1, 0.15) is 11.5 Å². The Hall–Kier alpha value is -4.96. The van der Waals surface area contributed by atoms with Gasteiger partial charge in [-0.3, -0.25) is 0 Å². The highest BCUT2D eigenvalue weighted by Gasteiger charge is 2.19. The van der Waals surface area contributed by atoms with Crippen molar-refractivity contribution in [2.45, 2.75) is 12.8 Å². The summed E-state index contributed by atoms with van der Waals surface area (Å²) in [4.78, 5) is 26.5. The lowest BCUT2D eigenvalue weighted by Gasteiger charge is -2.14. The van der Waals surface area contributed by atoms with E-state index in [9.17, 15) is 9.59 Å². The molecule has 0 radical (unpaired) electrons. The zero-order valence-corrected chi connectivity index (χ0v) is 20.9. The molecule has 5 rings (SSSR count). The quantitative estimate of drug-likeness (QED) is 0.124. The van der Waals surface area contributed by atoms with Gasteiger partial charge in [-0.25, -0.2) is 9.59 Å². The predicted molar refractivity (Wildman–Crippen MR) is 152 cm³/mol. The number of hydrogen-bond acceptors (Lipinski definition) is 4. The standard InChI is InChI=1S/C34H26O4/c1-3-10-25-20-18-23-12-5-7-16-29(23)31(25)37-33(35)27-14-9-15-28(22-27)34(36)38-32-26(11-4-2)21-19-24-13-6-8-17-30(24)32/h3-9,12-22H,1-2,10-11H2. The molecule has 0 aliphatic rings. The summed E-state index contributed by atoms with van der Waals surface area (Å²) in [5, 5.41) is 3.60. The Kier molecular flexibility index (Phi) is 7.14. The van der Waals surface area contributed by atoms with Gasteiger partial charge in [-0.05, 0) is 52.9 Å². The summed E-state index contributed by atoms with van der Waals surface area (Å²) in [6.45, 7) is 7.64. The van der Waals surface area contributed by atoms with Crippen molar-refractivity contribution in [2.24, 2.45) is 0 Å². The highest BCUT2D eigenvalue weighted by molar-refractivity contribution is 6.00. The van der Waals surface area contributed by atoms with Gasteiger partial charge in [0.2, 0.25) is 0 Å². The topological polar surface area (TPSA) is 52.6 Å². The lowest BCUT2D eigenvalue weighted by Crippen LogP contribution is -2.14. The zero-order chi connectivity index (χ0) is 26.5. The summed E-state index contributed by atoms with van der Waals surface area (Å²) in [7, 11) is 0. The normalized spacial score (nSPS) is 10.7. The molecule has 0 saturated heterocycles. The Balaban J connectivity index is 1.45. The summed E-state index contributed by atoms with van der Waals surface area (Å²) in [6.07, 6.45) is 4.65. The molecule has 0 atom stereocenters. The molecule has 38 heavy (non-hydrogen) atoms. The summed E-state index contributed by atoms with van der Waals surface area (Å²) >= 11 is 0. The molecule has 0 N–H and O–H groups in total. The molecule has 4 heteroatoms. The SMILES string of the molecule is C=CCc1ccc2ccccc2c1OC(=O)c1cccc(C(=O)Oc2c(CC=C)ccc3ccccc23)c1. The maximum Gasteiger partial charge on any atom is 0.343 e. The number of rotatable bonds is 8. The van der Waals surface area contributed by atoms with Crippen LogP contribution in [0.2, 0.25) is 0 Å². The van der Waals surface area contributed by atoms with Crippen LogP contribution in [0, 0.1) is 0 Å². The Morgan fingerprint density at radius 1 is 0.579 bits per heavy atom. The van der Waals surface area contributed by atoms with Crippen molar-refractivity contribution in [1.82, 2.24) is 0 Å². The van der Waals surface area contributed by atoms with Crippen LogP contribution in [0.5, 0.6) is 11.5 Å². The van der Waals surface area contributed by atoms with E-state index in [-0.39, 0.29) is 11.1 Å². The summed E-state index contributed by atoms with van der Waals surface area (Å²) in [5.74, 6) is -0.130. The Labute approximate surface area is 221 Å². The predicted octanol–water partition coefficient (Wildman–Crippen LogP) is 7.89. The molecule has 0 saturated carbocycles. The van der Waals surface area contributed by atoms with Crippen LogP contribution in [0.4, 0.5) is 0 Å². The van der Waals surface area contributed by atoms with Crippen LogP contribution >= 0.6 is 0 Å². The van der Waals surface area contributed by atoms with E-state index in [1.807, 2.05) is 72.8 Å². The van der Waals surface area contributed by atoms with Crippen LogP contribution in [0.15, 0.2) is 122 Å². The summed E-state index contributed by atoms with van der Waals surface area (Å²) in [5.41, 5.74) is 2.21. The molecule has 0 aliphatic carbocycles. The smallest absolute Gasteiger partial charge is 0.343 e. The van der Waals surface area contributed by atoms with Crippen molar-refractivity contribution in [3.63, 3.8) is 0 Å². The first-order valence-electron chi connectivity index (χ1n) is 12.4. The van der Waals surface area contributed by atoms with Gasteiger partial charge in [-0.1, -0.05) is 91.0 Å². The van der Waals surface area contributed by atoms with Gasteiger partial charge in [-0.15, -0.1) is 13.2 Å². The van der Waals surface area contributed by atoms with Gasteiger partial charge in [0.25, 0.3) is 0 Å². The van der Waals surface area contributed by atoms with E-state index in [1.165, 1.54) is 6.07 Å². The van der Waals surface area contributed by atoms with Gasteiger partial charge in [0.15, 0.2) is 0 Å². The minimum absolute atomic E-state index is 0.251. The molecule has 0 aliphatic heterocycles. The molecular formula is C34H26O4. The number of esters is 2. The number of fused-ring (bicyclic) bond motifs is 2. The number of carbonyl (C=O) groups excluding carboxylic acids is 2. The molecule has 0 spiro atoms. The molecule has 5 aromatic carbocycles. The monoisotopic (exact) mass is 498 g/mol. The average molecular weight is 499 g/mol. The summed E-state index contributed by atoms with van der Waals surface area (Å²) < 4.78 is 11.8. The van der Waals surface area contributed by atoms with E-state index >= 15 is 0 Å². The van der Waals surface area contributed by atoms with E-state index in [0.29, 0.717) is 24.3 Å². The second-order valence-corrected chi connectivity index (χ2v) is 8.90. The van der Waals surface area contributed by atoms with E-state index < -0.39 is 11.9 Å². The number of allylic oxidation sites excluding steroid dienone is 2. The highest BCUT2D eigenvalue weighted by atomic mass is 16.5. The van der Waals surface area contributed by atoms with E-state index in [4.69, 9.17) is 9.47 Å². The van der Waals surface area contributed by atoms with Gasteiger partial charge < -0.3 is 9.47 Å². The largest absolute Gasteiger partial charge is 0.422 e. The van der Waals surface area contributed by atoms with Crippen LogP contribution in [-0.2, 0) is 12.8 Å². The van der Waals surface area contributed by atoms with Gasteiger partial charge in [-0.2, -0.15) is 0 Å². The fraction of sp³-hybridized carbons (Fsp3) is 0.0588. The lowest BCUT2D eigenvalue weighted by atomic mass is 10.0. The van der Waals surface area contributed by atoms with Gasteiger partial charge >= 0.3 is 11.9 Å². The molecule has 0 amide bonds. The Bertz CT molecular complexity index is 1570. The number of hydrogen-bond donors (Lipinski definition) is 0. The minimum Gasteiger partial charge on any atom is -0.422 e. The molecule has 0 bridgehead atoms. The van der Waals surface area contributed by atoms with E-state index in [2.05, 4.69) is 13.2 Å². The number of benzene rings is 5. The van der Waals surface area contributed by atoms with Crippen LogP contribution in [0.3, 0.4) is 0 Å². The average Bonchev–Trinajstić information content (AvgIpc) is 2.95. The van der Waals surface area contributed by atoms with E-state index in [1.54, 1.807) is 30.4 Å². The number of ether oxygens (including phenoxy) is 2. The second-order valence-electron chi connectivity index (χ2n) is 8.90. The second kappa shape index (κ2) is 11.0. The molecule has 0 unspecified atom stereocenters. The number of carbonyl (C=O) groups is 2. The van der Waals surface area contributed by atoms with Crippen molar-refractivity contribution in [3.8, 4) is 11.5 Å². The van der Waals surface area contributed by atoms with Crippen molar-refractivity contribution < 1.29 is 19.1 Å². The Morgan fingerprint density at radius 3 is 1.47 bits per heavy atom. The zero-order valence-electron chi connectivity index (χ0n) is 20.9. The van der Waals surface area contributed by atoms with Crippen molar-refractivity contribution in [1.29, 1.82) is 0 Å². The molecule has 4 nitrogen and oxygen atoms in total. The van der Waals surface area contributed by atoms with Crippen LogP contribution in [0.25, 0.3) is 21.5 Å². The first kappa shape index (κ1) is 24.7.